The van der Waals surface area contributed by atoms with Gasteiger partial charge in [0.25, 0.3) is 0 Å². The largest absolute Gasteiger partial charge is 0.353 e. The molecule has 4 heterocycles. The molecule has 0 radical (unpaired) electrons. The molecule has 172 valence electrons. The van der Waals surface area contributed by atoms with Crippen LogP contribution in [0.25, 0.3) is 0 Å². The predicted molar refractivity (Wildman–Crippen MR) is 117 cm³/mol. The maximum Gasteiger partial charge on any atom is 0.320 e. The van der Waals surface area contributed by atoms with Crippen molar-refractivity contribution >= 4 is 17.8 Å². The first kappa shape index (κ1) is 21.1. The zero-order valence-electron chi connectivity index (χ0n) is 18.8. The lowest BCUT2D eigenvalue weighted by Gasteiger charge is -2.53. The summed E-state index contributed by atoms with van der Waals surface area (Å²) in [6.07, 6.45) is 11.3. The van der Waals surface area contributed by atoms with Crippen LogP contribution < -0.4 is 5.32 Å². The molecule has 1 saturated carbocycles. The van der Waals surface area contributed by atoms with E-state index in [0.29, 0.717) is 30.2 Å². The van der Waals surface area contributed by atoms with Crippen molar-refractivity contribution in [2.45, 2.75) is 82.7 Å². The number of hydrogen-bond donors (Lipinski definition) is 1. The van der Waals surface area contributed by atoms with Gasteiger partial charge in [0.1, 0.15) is 0 Å². The van der Waals surface area contributed by atoms with Crippen LogP contribution in [-0.2, 0) is 9.59 Å². The first-order valence-electron chi connectivity index (χ1n) is 12.7. The molecular formula is C24H38N4O3. The normalized spacial score (nSPS) is 32.6. The Hall–Kier alpha value is -1.79. The highest BCUT2D eigenvalue weighted by Crippen LogP contribution is 2.38. The maximum absolute atomic E-state index is 13.3. The number of nitrogens with one attached hydrogen (secondary N) is 1. The molecule has 4 saturated heterocycles. The standard InChI is InChI=1S/C24H38N4O3/c29-22-8-4-7-21-19-13-17(15-28(21)22)14-27(16-19)24(31)26-11-9-20(10-12-26)25-23(30)18-5-2-1-3-6-18/h17-21H,1-16H2,(H,25,30)/t17?,19?,21-/m1/s1. The Labute approximate surface area is 185 Å². The number of amides is 4. The van der Waals surface area contributed by atoms with Gasteiger partial charge >= 0.3 is 6.03 Å². The number of hydrogen-bond acceptors (Lipinski definition) is 3. The summed E-state index contributed by atoms with van der Waals surface area (Å²) in [7, 11) is 0. The third-order valence-electron chi connectivity index (χ3n) is 8.54. The van der Waals surface area contributed by atoms with Gasteiger partial charge in [-0.05, 0) is 56.8 Å². The number of rotatable bonds is 2. The van der Waals surface area contributed by atoms with Gasteiger partial charge in [-0.15, -0.1) is 0 Å². The molecule has 5 fully saturated rings. The number of nitrogens with zero attached hydrogens (tertiary/aromatic N) is 3. The van der Waals surface area contributed by atoms with E-state index in [2.05, 4.69) is 15.1 Å². The van der Waals surface area contributed by atoms with Crippen LogP contribution in [0.2, 0.25) is 0 Å². The van der Waals surface area contributed by atoms with Crippen LogP contribution in [-0.4, -0.2) is 77.4 Å². The molecule has 5 rings (SSSR count). The Bertz CT molecular complexity index is 699. The second kappa shape index (κ2) is 8.99. The SMILES string of the molecule is O=C(NC1CCN(C(=O)N2CC3CC(C2)[C@H]2CCCC(=O)N2C3)CC1)C1CCCCC1. The van der Waals surface area contributed by atoms with Crippen molar-refractivity contribution < 1.29 is 14.4 Å². The zero-order valence-corrected chi connectivity index (χ0v) is 18.8. The third-order valence-corrected chi connectivity index (χ3v) is 8.54. The molecule has 0 aromatic rings. The van der Waals surface area contributed by atoms with Crippen molar-refractivity contribution in [1.29, 1.82) is 0 Å². The molecule has 0 aromatic heterocycles. The van der Waals surface area contributed by atoms with Crippen LogP contribution >= 0.6 is 0 Å². The fourth-order valence-corrected chi connectivity index (χ4v) is 6.87. The lowest BCUT2D eigenvalue weighted by Crippen LogP contribution is -2.62. The lowest BCUT2D eigenvalue weighted by molar-refractivity contribution is -0.144. The van der Waals surface area contributed by atoms with Crippen LogP contribution in [0.5, 0.6) is 0 Å². The minimum absolute atomic E-state index is 0.169. The van der Waals surface area contributed by atoms with Crippen LogP contribution in [0.15, 0.2) is 0 Å². The van der Waals surface area contributed by atoms with Gasteiger partial charge in [-0.1, -0.05) is 19.3 Å². The van der Waals surface area contributed by atoms with Crippen molar-refractivity contribution in [1.82, 2.24) is 20.0 Å². The van der Waals surface area contributed by atoms with E-state index in [1.165, 1.54) is 19.3 Å². The number of carbonyl (C=O) groups is 3. The van der Waals surface area contributed by atoms with Crippen molar-refractivity contribution in [3.8, 4) is 0 Å². The summed E-state index contributed by atoms with van der Waals surface area (Å²) in [5, 5.41) is 3.27. The number of carbonyl (C=O) groups excluding carboxylic acids is 3. The summed E-state index contributed by atoms with van der Waals surface area (Å²) in [6, 6.07) is 0.720. The van der Waals surface area contributed by atoms with E-state index in [1.54, 1.807) is 0 Å². The van der Waals surface area contributed by atoms with Crippen LogP contribution in [0.1, 0.15) is 70.6 Å². The van der Waals surface area contributed by atoms with Crippen LogP contribution in [0.3, 0.4) is 0 Å². The number of fused-ring (bicyclic) bond motifs is 4. The molecule has 2 bridgehead atoms. The van der Waals surface area contributed by atoms with Gasteiger partial charge in [0, 0.05) is 57.1 Å². The van der Waals surface area contributed by atoms with Crippen molar-refractivity contribution in [2.24, 2.45) is 17.8 Å². The van der Waals surface area contributed by atoms with Crippen LogP contribution in [0.4, 0.5) is 4.79 Å². The average molecular weight is 431 g/mol. The fourth-order valence-electron chi connectivity index (χ4n) is 6.87. The topological polar surface area (TPSA) is 73.0 Å². The summed E-state index contributed by atoms with van der Waals surface area (Å²) in [6.45, 7) is 3.87. The number of piperidine rings is 4. The maximum atomic E-state index is 13.3. The first-order valence-corrected chi connectivity index (χ1v) is 12.7. The van der Waals surface area contributed by atoms with E-state index in [0.717, 1.165) is 77.7 Å². The lowest BCUT2D eigenvalue weighted by atomic mass is 9.76. The van der Waals surface area contributed by atoms with E-state index in [9.17, 15) is 14.4 Å². The van der Waals surface area contributed by atoms with Gasteiger partial charge in [-0.2, -0.15) is 0 Å². The predicted octanol–water partition coefficient (Wildman–Crippen LogP) is 2.60. The Morgan fingerprint density at radius 3 is 2.39 bits per heavy atom. The highest BCUT2D eigenvalue weighted by atomic mass is 16.2. The number of urea groups is 1. The molecule has 7 nitrogen and oxygen atoms in total. The molecule has 31 heavy (non-hydrogen) atoms. The van der Waals surface area contributed by atoms with E-state index >= 15 is 0 Å². The summed E-state index contributed by atoms with van der Waals surface area (Å²) < 4.78 is 0. The molecular weight excluding hydrogens is 392 g/mol. The molecule has 4 amide bonds. The van der Waals surface area contributed by atoms with Crippen molar-refractivity contribution in [3.63, 3.8) is 0 Å². The molecule has 4 aliphatic heterocycles. The Kier molecular flexibility index (Phi) is 6.11. The smallest absolute Gasteiger partial charge is 0.320 e. The van der Waals surface area contributed by atoms with Crippen molar-refractivity contribution in [3.05, 3.63) is 0 Å². The van der Waals surface area contributed by atoms with Crippen molar-refractivity contribution in [2.75, 3.05) is 32.7 Å². The molecule has 1 aliphatic carbocycles. The van der Waals surface area contributed by atoms with Gasteiger partial charge in [0.2, 0.25) is 11.8 Å². The van der Waals surface area contributed by atoms with E-state index in [4.69, 9.17) is 0 Å². The Morgan fingerprint density at radius 1 is 0.839 bits per heavy atom. The van der Waals surface area contributed by atoms with E-state index in [-0.39, 0.29) is 23.9 Å². The quantitative estimate of drug-likeness (QED) is 0.732. The highest BCUT2D eigenvalue weighted by molar-refractivity contribution is 5.79. The van der Waals surface area contributed by atoms with Gasteiger partial charge < -0.3 is 20.0 Å². The summed E-state index contributed by atoms with van der Waals surface area (Å²) >= 11 is 0. The van der Waals surface area contributed by atoms with Gasteiger partial charge in [0.15, 0.2) is 0 Å². The van der Waals surface area contributed by atoms with Crippen LogP contribution in [0, 0.1) is 17.8 Å². The van der Waals surface area contributed by atoms with Gasteiger partial charge in [0.05, 0.1) is 0 Å². The summed E-state index contributed by atoms with van der Waals surface area (Å²) in [4.78, 5) is 44.3. The van der Waals surface area contributed by atoms with Gasteiger partial charge in [-0.25, -0.2) is 4.79 Å². The summed E-state index contributed by atoms with van der Waals surface area (Å²) in [5.41, 5.74) is 0. The van der Waals surface area contributed by atoms with E-state index in [1.807, 2.05) is 4.90 Å². The van der Waals surface area contributed by atoms with Gasteiger partial charge in [-0.3, -0.25) is 9.59 Å². The molecule has 0 aromatic carbocycles. The Morgan fingerprint density at radius 2 is 1.61 bits per heavy atom. The minimum atomic E-state index is 0.169. The molecule has 5 aliphatic rings. The fraction of sp³-hybridized carbons (Fsp3) is 0.875. The highest BCUT2D eigenvalue weighted by Gasteiger charge is 2.45. The summed E-state index contributed by atoms with van der Waals surface area (Å²) in [5.74, 6) is 1.62. The second-order valence-corrected chi connectivity index (χ2v) is 10.7. The molecule has 0 spiro atoms. The average Bonchev–Trinajstić information content (AvgIpc) is 2.80. The monoisotopic (exact) mass is 430 g/mol. The number of likely N-dealkylation sites (tertiary alicyclic amines) is 2. The third kappa shape index (κ3) is 4.42. The first-order chi connectivity index (χ1) is 15.1. The molecule has 2 unspecified atom stereocenters. The molecule has 3 atom stereocenters. The molecule has 1 N–H and O–H groups in total. The zero-order chi connectivity index (χ0) is 21.4. The minimum Gasteiger partial charge on any atom is -0.353 e. The molecule has 7 heteroatoms. The van der Waals surface area contributed by atoms with E-state index < -0.39 is 0 Å². The Balaban J connectivity index is 1.12. The second-order valence-electron chi connectivity index (χ2n) is 10.7.